The standard InChI is InChI=1S/C35H38N2O6/c1-25(2)21-37(22-32(38)34(40)43-24-27-13-7-4-8-14-27)35(41)36-31(33(39)42-23-26-11-5-3-6-12-26)20-28-17-18-29-15-9-10-16-30(29)19-28/h3-19,25,31-32,38H,20-24H2,1-2H3,(H,36,41)/t31-,32?/m0/s1. The van der Waals surface area contributed by atoms with Crippen molar-refractivity contribution in [2.75, 3.05) is 13.1 Å². The Hall–Kier alpha value is -4.69. The molecule has 0 fully saturated rings. The Balaban J connectivity index is 1.47. The Labute approximate surface area is 252 Å². The zero-order valence-electron chi connectivity index (χ0n) is 24.5. The van der Waals surface area contributed by atoms with E-state index in [1.54, 1.807) is 0 Å². The second kappa shape index (κ2) is 15.5. The highest BCUT2D eigenvalue weighted by atomic mass is 16.5. The molecule has 4 aromatic carbocycles. The number of nitrogens with one attached hydrogen (secondary N) is 1. The Morgan fingerprint density at radius 1 is 0.698 bits per heavy atom. The number of hydrogen-bond acceptors (Lipinski definition) is 6. The molecule has 224 valence electrons. The van der Waals surface area contributed by atoms with Gasteiger partial charge in [-0.25, -0.2) is 14.4 Å². The maximum Gasteiger partial charge on any atom is 0.337 e. The molecule has 2 amide bonds. The van der Waals surface area contributed by atoms with Crippen molar-refractivity contribution in [1.82, 2.24) is 10.2 Å². The number of rotatable bonds is 13. The van der Waals surface area contributed by atoms with Crippen molar-refractivity contribution < 1.29 is 29.0 Å². The molecule has 0 aliphatic carbocycles. The largest absolute Gasteiger partial charge is 0.459 e. The predicted octanol–water partition coefficient (Wildman–Crippen LogP) is 5.27. The summed E-state index contributed by atoms with van der Waals surface area (Å²) in [5.74, 6) is -1.39. The number of fused-ring (bicyclic) bond motifs is 1. The quantitative estimate of drug-likeness (QED) is 0.208. The summed E-state index contributed by atoms with van der Waals surface area (Å²) in [6, 6.07) is 30.6. The first-order chi connectivity index (χ1) is 20.8. The normalized spacial score (nSPS) is 12.4. The third-order valence-corrected chi connectivity index (χ3v) is 6.82. The van der Waals surface area contributed by atoms with Gasteiger partial charge in [-0.05, 0) is 33.4 Å². The fourth-order valence-electron chi connectivity index (χ4n) is 4.65. The van der Waals surface area contributed by atoms with Gasteiger partial charge in [-0.3, -0.25) is 0 Å². The zero-order valence-corrected chi connectivity index (χ0v) is 24.5. The van der Waals surface area contributed by atoms with E-state index >= 15 is 0 Å². The van der Waals surface area contributed by atoms with Gasteiger partial charge in [0.2, 0.25) is 0 Å². The number of nitrogens with zero attached hydrogens (tertiary/aromatic N) is 1. The first-order valence-corrected chi connectivity index (χ1v) is 14.4. The minimum atomic E-state index is -1.56. The Kier molecular flexibility index (Phi) is 11.3. The summed E-state index contributed by atoms with van der Waals surface area (Å²) in [6.07, 6.45) is -1.36. The van der Waals surface area contributed by atoms with Crippen LogP contribution >= 0.6 is 0 Å². The fraction of sp³-hybridized carbons (Fsp3) is 0.286. The Bertz CT molecular complexity index is 1490. The number of carbonyl (C=O) groups excluding carboxylic acids is 3. The molecule has 0 heterocycles. The molecular formula is C35H38N2O6. The van der Waals surface area contributed by atoms with E-state index in [-0.39, 0.29) is 38.6 Å². The van der Waals surface area contributed by atoms with Gasteiger partial charge in [0.25, 0.3) is 0 Å². The highest BCUT2D eigenvalue weighted by Gasteiger charge is 2.29. The van der Waals surface area contributed by atoms with Crippen LogP contribution in [0.2, 0.25) is 0 Å². The number of amides is 2. The molecule has 43 heavy (non-hydrogen) atoms. The summed E-state index contributed by atoms with van der Waals surface area (Å²) in [5.41, 5.74) is 2.45. The van der Waals surface area contributed by atoms with Crippen molar-refractivity contribution in [3.63, 3.8) is 0 Å². The van der Waals surface area contributed by atoms with Crippen LogP contribution in [-0.2, 0) is 38.7 Å². The van der Waals surface area contributed by atoms with Crippen LogP contribution in [0.5, 0.6) is 0 Å². The summed E-state index contributed by atoms with van der Waals surface area (Å²) >= 11 is 0. The Morgan fingerprint density at radius 3 is 1.86 bits per heavy atom. The van der Waals surface area contributed by atoms with Crippen LogP contribution in [0.4, 0.5) is 4.79 Å². The maximum atomic E-state index is 13.6. The highest BCUT2D eigenvalue weighted by Crippen LogP contribution is 2.18. The average molecular weight is 583 g/mol. The van der Waals surface area contributed by atoms with Gasteiger partial charge in [-0.2, -0.15) is 0 Å². The van der Waals surface area contributed by atoms with Gasteiger partial charge in [-0.15, -0.1) is 0 Å². The van der Waals surface area contributed by atoms with Crippen LogP contribution in [0, 0.1) is 5.92 Å². The number of aliphatic hydroxyl groups excluding tert-OH is 1. The van der Waals surface area contributed by atoms with Crippen molar-refractivity contribution in [3.8, 4) is 0 Å². The number of carbonyl (C=O) groups is 3. The van der Waals surface area contributed by atoms with Crippen LogP contribution in [0.15, 0.2) is 103 Å². The van der Waals surface area contributed by atoms with Crippen LogP contribution in [0.25, 0.3) is 10.8 Å². The van der Waals surface area contributed by atoms with Crippen LogP contribution in [-0.4, -0.2) is 53.2 Å². The highest BCUT2D eigenvalue weighted by molar-refractivity contribution is 5.86. The molecule has 2 N–H and O–H groups in total. The minimum absolute atomic E-state index is 0.00813. The van der Waals surface area contributed by atoms with E-state index < -0.39 is 30.1 Å². The monoisotopic (exact) mass is 582 g/mol. The molecule has 8 nitrogen and oxygen atoms in total. The molecule has 0 aliphatic rings. The molecule has 2 atom stereocenters. The molecule has 0 saturated carbocycles. The van der Waals surface area contributed by atoms with E-state index in [0.29, 0.717) is 0 Å². The number of ether oxygens (including phenoxy) is 2. The molecule has 0 bridgehead atoms. The number of aliphatic hydroxyl groups is 1. The van der Waals surface area contributed by atoms with Gasteiger partial charge >= 0.3 is 18.0 Å². The van der Waals surface area contributed by atoms with Gasteiger partial charge in [0.15, 0.2) is 6.10 Å². The molecule has 0 spiro atoms. The first-order valence-electron chi connectivity index (χ1n) is 14.4. The van der Waals surface area contributed by atoms with Gasteiger partial charge in [-0.1, -0.05) is 117 Å². The van der Waals surface area contributed by atoms with Crippen molar-refractivity contribution in [2.45, 2.75) is 45.6 Å². The van der Waals surface area contributed by atoms with E-state index in [1.807, 2.05) is 117 Å². The van der Waals surface area contributed by atoms with Gasteiger partial charge in [0.1, 0.15) is 19.3 Å². The van der Waals surface area contributed by atoms with Crippen LogP contribution in [0.3, 0.4) is 0 Å². The Morgan fingerprint density at radius 2 is 1.26 bits per heavy atom. The van der Waals surface area contributed by atoms with Gasteiger partial charge < -0.3 is 24.8 Å². The third-order valence-electron chi connectivity index (χ3n) is 6.82. The summed E-state index contributed by atoms with van der Waals surface area (Å²) < 4.78 is 10.9. The summed E-state index contributed by atoms with van der Waals surface area (Å²) in [7, 11) is 0. The van der Waals surface area contributed by atoms with Crippen molar-refractivity contribution >= 4 is 28.7 Å². The molecule has 8 heteroatoms. The summed E-state index contributed by atoms with van der Waals surface area (Å²) in [6.45, 7) is 3.86. The number of esters is 2. The molecule has 0 aliphatic heterocycles. The molecule has 0 radical (unpaired) electrons. The predicted molar refractivity (Wildman–Crippen MR) is 165 cm³/mol. The SMILES string of the molecule is CC(C)CN(CC(O)C(=O)OCc1ccccc1)C(=O)N[C@@H](Cc1ccc2ccccc2c1)C(=O)OCc1ccccc1. The van der Waals surface area contributed by atoms with E-state index in [4.69, 9.17) is 9.47 Å². The minimum Gasteiger partial charge on any atom is -0.459 e. The first kappa shape index (κ1) is 31.3. The molecule has 4 rings (SSSR count). The van der Waals surface area contributed by atoms with Crippen LogP contribution < -0.4 is 5.32 Å². The number of benzene rings is 4. The average Bonchev–Trinajstić information content (AvgIpc) is 3.02. The molecule has 0 saturated heterocycles. The molecular weight excluding hydrogens is 544 g/mol. The van der Waals surface area contributed by atoms with E-state index in [1.165, 1.54) is 4.90 Å². The third kappa shape index (κ3) is 9.68. The van der Waals surface area contributed by atoms with Gasteiger partial charge in [0, 0.05) is 13.0 Å². The van der Waals surface area contributed by atoms with Crippen molar-refractivity contribution in [3.05, 3.63) is 120 Å². The van der Waals surface area contributed by atoms with E-state index in [9.17, 15) is 19.5 Å². The van der Waals surface area contributed by atoms with Gasteiger partial charge in [0.05, 0.1) is 6.54 Å². The number of urea groups is 1. The summed E-state index contributed by atoms with van der Waals surface area (Å²) in [4.78, 5) is 40.8. The van der Waals surface area contributed by atoms with Crippen molar-refractivity contribution in [1.29, 1.82) is 0 Å². The topological polar surface area (TPSA) is 105 Å². The summed E-state index contributed by atoms with van der Waals surface area (Å²) in [5, 5.41) is 15.5. The molecule has 0 aromatic heterocycles. The lowest BCUT2D eigenvalue weighted by Crippen LogP contribution is -2.52. The molecule has 4 aromatic rings. The fourth-order valence-corrected chi connectivity index (χ4v) is 4.65. The lowest BCUT2D eigenvalue weighted by molar-refractivity contribution is -0.155. The second-order valence-corrected chi connectivity index (χ2v) is 10.9. The lowest BCUT2D eigenvalue weighted by atomic mass is 10.0. The maximum absolute atomic E-state index is 13.6. The van der Waals surface area contributed by atoms with Crippen LogP contribution in [0.1, 0.15) is 30.5 Å². The second-order valence-electron chi connectivity index (χ2n) is 10.9. The number of hydrogen-bond donors (Lipinski definition) is 2. The van der Waals surface area contributed by atoms with Crippen molar-refractivity contribution in [2.24, 2.45) is 5.92 Å². The van der Waals surface area contributed by atoms with E-state index in [0.717, 1.165) is 27.5 Å². The zero-order chi connectivity index (χ0) is 30.6. The molecule has 1 unspecified atom stereocenters. The van der Waals surface area contributed by atoms with E-state index in [2.05, 4.69) is 5.32 Å². The smallest absolute Gasteiger partial charge is 0.337 e. The lowest BCUT2D eigenvalue weighted by Gasteiger charge is -2.28.